The van der Waals surface area contributed by atoms with Gasteiger partial charge in [0.2, 0.25) is 5.91 Å². The number of rotatable bonds is 10. The van der Waals surface area contributed by atoms with Gasteiger partial charge in [0.1, 0.15) is 10.9 Å². The van der Waals surface area contributed by atoms with Gasteiger partial charge in [-0.3, -0.25) is 19.3 Å². The molecule has 3 amide bonds. The number of hydrogen-bond acceptors (Lipinski definition) is 8. The van der Waals surface area contributed by atoms with Gasteiger partial charge in [-0.2, -0.15) is 4.37 Å². The van der Waals surface area contributed by atoms with Crippen LogP contribution in [0, 0.1) is 6.92 Å². The van der Waals surface area contributed by atoms with Gasteiger partial charge in [0.25, 0.3) is 11.8 Å². The number of benzene rings is 1. The molecule has 2 aliphatic rings. The topological polar surface area (TPSA) is 144 Å². The summed E-state index contributed by atoms with van der Waals surface area (Å²) in [6.45, 7) is 6.12. The molecule has 1 aliphatic carbocycles. The number of amides is 3. The van der Waals surface area contributed by atoms with Gasteiger partial charge in [0.05, 0.1) is 18.9 Å². The van der Waals surface area contributed by atoms with Gasteiger partial charge in [-0.05, 0) is 43.3 Å². The van der Waals surface area contributed by atoms with Gasteiger partial charge >= 0.3 is 0 Å². The summed E-state index contributed by atoms with van der Waals surface area (Å²) in [6.07, 6.45) is 4.68. The molecule has 2 fully saturated rings. The van der Waals surface area contributed by atoms with Crippen LogP contribution in [0.25, 0.3) is 0 Å². The third kappa shape index (κ3) is 6.65. The third-order valence-corrected chi connectivity index (χ3v) is 7.90. The van der Waals surface area contributed by atoms with E-state index in [0.29, 0.717) is 26.2 Å². The second-order valence-electron chi connectivity index (χ2n) is 9.75. The van der Waals surface area contributed by atoms with Crippen molar-refractivity contribution in [3.63, 3.8) is 0 Å². The van der Waals surface area contributed by atoms with Crippen molar-refractivity contribution in [3.8, 4) is 0 Å². The normalized spacial score (nSPS) is 17.4. The van der Waals surface area contributed by atoms with E-state index in [9.17, 15) is 14.4 Å². The molecular formula is C26H36N6O4S. The highest BCUT2D eigenvalue weighted by Gasteiger charge is 2.35. The molecule has 2 aromatic rings. The lowest BCUT2D eigenvalue weighted by atomic mass is 10.0. The van der Waals surface area contributed by atoms with Crippen LogP contribution in [0.5, 0.6) is 0 Å². The van der Waals surface area contributed by atoms with Crippen molar-refractivity contribution in [2.75, 3.05) is 45.1 Å². The maximum atomic E-state index is 14.0. The van der Waals surface area contributed by atoms with Gasteiger partial charge in [-0.15, -0.1) is 0 Å². The molecule has 0 spiro atoms. The SMILES string of the molecule is Cc1ccc([C@@H](C(=O)NC2CCCC2)N(CCCN2CCOCC2)C(=O)c2snc(C(N)=O)c2N)cc1. The van der Waals surface area contributed by atoms with Gasteiger partial charge in [0.15, 0.2) is 5.69 Å². The van der Waals surface area contributed by atoms with E-state index in [1.807, 2.05) is 31.2 Å². The number of aromatic nitrogens is 1. The Morgan fingerprint density at radius 3 is 2.49 bits per heavy atom. The van der Waals surface area contributed by atoms with E-state index in [-0.39, 0.29) is 28.2 Å². The summed E-state index contributed by atoms with van der Waals surface area (Å²) >= 11 is 0.836. The van der Waals surface area contributed by atoms with E-state index in [0.717, 1.165) is 68.0 Å². The van der Waals surface area contributed by atoms with Crippen LogP contribution < -0.4 is 16.8 Å². The van der Waals surface area contributed by atoms with Crippen molar-refractivity contribution in [1.82, 2.24) is 19.5 Å². The van der Waals surface area contributed by atoms with E-state index in [1.54, 1.807) is 4.90 Å². The Balaban J connectivity index is 1.65. The Hall–Kier alpha value is -3.02. The molecule has 1 saturated heterocycles. The summed E-state index contributed by atoms with van der Waals surface area (Å²) in [4.78, 5) is 43.5. The van der Waals surface area contributed by atoms with E-state index in [2.05, 4.69) is 14.6 Å². The molecule has 0 unspecified atom stereocenters. The molecule has 1 saturated carbocycles. The summed E-state index contributed by atoms with van der Waals surface area (Å²) in [5.41, 5.74) is 13.1. The van der Waals surface area contributed by atoms with Gasteiger partial charge in [0, 0.05) is 32.2 Å². The van der Waals surface area contributed by atoms with Crippen molar-refractivity contribution in [2.24, 2.45) is 5.73 Å². The molecule has 4 rings (SSSR count). The van der Waals surface area contributed by atoms with Crippen LogP contribution in [0.15, 0.2) is 24.3 Å². The lowest BCUT2D eigenvalue weighted by Crippen LogP contribution is -2.47. The maximum Gasteiger partial charge on any atom is 0.270 e. The zero-order chi connectivity index (χ0) is 26.4. The summed E-state index contributed by atoms with van der Waals surface area (Å²) in [6, 6.07) is 6.90. The Kier molecular flexibility index (Phi) is 9.12. The minimum absolute atomic E-state index is 0.0421. The molecule has 11 heteroatoms. The second-order valence-corrected chi connectivity index (χ2v) is 10.5. The zero-order valence-electron chi connectivity index (χ0n) is 21.3. The largest absolute Gasteiger partial charge is 0.395 e. The summed E-state index contributed by atoms with van der Waals surface area (Å²) in [5.74, 6) is -1.44. The lowest BCUT2D eigenvalue weighted by Gasteiger charge is -2.33. The number of nitrogen functional groups attached to an aromatic ring is 1. The molecule has 37 heavy (non-hydrogen) atoms. The number of carbonyl (C=O) groups excluding carboxylic acids is 3. The first-order chi connectivity index (χ1) is 17.8. The second kappa shape index (κ2) is 12.5. The quantitative estimate of drug-likeness (QED) is 0.428. The number of nitrogens with zero attached hydrogens (tertiary/aromatic N) is 3. The first kappa shape index (κ1) is 27.0. The van der Waals surface area contributed by atoms with Crippen molar-refractivity contribution in [3.05, 3.63) is 46.0 Å². The monoisotopic (exact) mass is 528 g/mol. The first-order valence-corrected chi connectivity index (χ1v) is 13.7. The Morgan fingerprint density at radius 2 is 1.86 bits per heavy atom. The molecular weight excluding hydrogens is 492 g/mol. The van der Waals surface area contributed by atoms with Crippen molar-refractivity contribution in [1.29, 1.82) is 0 Å². The van der Waals surface area contributed by atoms with E-state index >= 15 is 0 Å². The van der Waals surface area contributed by atoms with Gasteiger partial charge < -0.3 is 26.4 Å². The Labute approximate surface area is 221 Å². The maximum absolute atomic E-state index is 14.0. The summed E-state index contributed by atoms with van der Waals surface area (Å²) in [5, 5.41) is 3.18. The van der Waals surface area contributed by atoms with E-state index < -0.39 is 17.9 Å². The zero-order valence-corrected chi connectivity index (χ0v) is 22.1. The number of ether oxygens (including phenoxy) is 1. The Morgan fingerprint density at radius 1 is 1.19 bits per heavy atom. The fourth-order valence-electron chi connectivity index (χ4n) is 4.97. The number of primary amides is 1. The lowest BCUT2D eigenvalue weighted by molar-refractivity contribution is -0.126. The van der Waals surface area contributed by atoms with E-state index in [1.165, 1.54) is 0 Å². The van der Waals surface area contributed by atoms with Crippen LogP contribution >= 0.6 is 11.5 Å². The fourth-order valence-corrected chi connectivity index (χ4v) is 5.73. The number of morpholine rings is 1. The molecule has 1 aliphatic heterocycles. The van der Waals surface area contributed by atoms with Crippen LogP contribution in [0.1, 0.15) is 69.4 Å². The summed E-state index contributed by atoms with van der Waals surface area (Å²) < 4.78 is 9.46. The first-order valence-electron chi connectivity index (χ1n) is 12.9. The van der Waals surface area contributed by atoms with E-state index in [4.69, 9.17) is 16.2 Å². The highest BCUT2D eigenvalue weighted by molar-refractivity contribution is 7.09. The number of nitrogens with one attached hydrogen (secondary N) is 1. The fraction of sp³-hybridized carbons (Fsp3) is 0.538. The van der Waals surface area contributed by atoms with Crippen LogP contribution in [0.2, 0.25) is 0 Å². The standard InChI is InChI=1S/C26H36N6O4S/c1-17-7-9-18(10-8-17)22(25(34)29-19-5-2-3-6-19)32(12-4-11-31-13-15-36-16-14-31)26(35)23-20(27)21(24(28)33)30-37-23/h7-10,19,22H,2-6,11-16,27H2,1H3,(H2,28,33)(H,29,34)/t22-/m0/s1. The average Bonchev–Trinajstić information content (AvgIpc) is 3.54. The van der Waals surface area contributed by atoms with Gasteiger partial charge in [-0.1, -0.05) is 42.7 Å². The third-order valence-electron chi connectivity index (χ3n) is 7.05. The number of carbonyl (C=O) groups is 3. The minimum Gasteiger partial charge on any atom is -0.395 e. The van der Waals surface area contributed by atoms with Crippen molar-refractivity contribution < 1.29 is 19.1 Å². The molecule has 5 N–H and O–H groups in total. The van der Waals surface area contributed by atoms with Crippen LogP contribution in [0.4, 0.5) is 5.69 Å². The van der Waals surface area contributed by atoms with Gasteiger partial charge in [-0.25, -0.2) is 0 Å². The smallest absolute Gasteiger partial charge is 0.270 e. The minimum atomic E-state index is -0.850. The summed E-state index contributed by atoms with van der Waals surface area (Å²) in [7, 11) is 0. The number of nitrogens with two attached hydrogens (primary N) is 2. The highest BCUT2D eigenvalue weighted by atomic mass is 32.1. The predicted molar refractivity (Wildman–Crippen MR) is 142 cm³/mol. The molecule has 2 heterocycles. The highest BCUT2D eigenvalue weighted by Crippen LogP contribution is 2.30. The van der Waals surface area contributed by atoms with Crippen molar-refractivity contribution in [2.45, 2.75) is 51.1 Å². The molecule has 1 aromatic heterocycles. The molecule has 0 radical (unpaired) electrons. The average molecular weight is 529 g/mol. The van der Waals surface area contributed by atoms with Crippen molar-refractivity contribution >= 4 is 34.9 Å². The molecule has 1 atom stereocenters. The molecule has 0 bridgehead atoms. The predicted octanol–water partition coefficient (Wildman–Crippen LogP) is 2.10. The van der Waals surface area contributed by atoms with Crippen LogP contribution in [-0.2, 0) is 9.53 Å². The Bertz CT molecular complexity index is 1090. The number of aryl methyl sites for hydroxylation is 1. The molecule has 1 aromatic carbocycles. The van der Waals surface area contributed by atoms with Crippen LogP contribution in [0.3, 0.4) is 0 Å². The van der Waals surface area contributed by atoms with Crippen LogP contribution in [-0.4, -0.2) is 77.3 Å². The number of hydrogen-bond donors (Lipinski definition) is 3. The molecule has 10 nitrogen and oxygen atoms in total. The molecule has 200 valence electrons. The number of anilines is 1.